The maximum absolute atomic E-state index is 10.6. The maximum atomic E-state index is 10.6. The largest absolute Gasteiger partial charge is 0.288 e. The molecule has 0 saturated carbocycles. The maximum Gasteiger partial charge on any atom is 0.214 e. The number of likely N-dealkylation sites (tertiary alicyclic amines) is 1. The highest BCUT2D eigenvalue weighted by atomic mass is 32.2. The van der Waals surface area contributed by atoms with Crippen LogP contribution in [0.1, 0.15) is 0 Å². The number of sulfonamides is 1. The van der Waals surface area contributed by atoms with Crippen LogP contribution in [0.15, 0.2) is 0 Å². The van der Waals surface area contributed by atoms with E-state index < -0.39 is 15.3 Å². The minimum atomic E-state index is -3.37. The monoisotopic (exact) mass is 175 g/mol. The van der Waals surface area contributed by atoms with Gasteiger partial charge in [-0.3, -0.25) is 4.90 Å². The van der Waals surface area contributed by atoms with Gasteiger partial charge in [-0.2, -0.15) is 5.26 Å². The van der Waals surface area contributed by atoms with Crippen molar-refractivity contribution in [2.45, 2.75) is 5.25 Å². The Labute approximate surface area is 65.4 Å². The first-order chi connectivity index (χ1) is 5.04. The lowest BCUT2D eigenvalue weighted by atomic mass is 10.2. The van der Waals surface area contributed by atoms with Crippen LogP contribution in [0, 0.1) is 11.3 Å². The predicted octanol–water partition coefficient (Wildman–Crippen LogP) is -1.52. The summed E-state index contributed by atoms with van der Waals surface area (Å²) in [6.45, 7) is 1.07. The van der Waals surface area contributed by atoms with Gasteiger partial charge >= 0.3 is 0 Å². The first kappa shape index (κ1) is 8.46. The second kappa shape index (κ2) is 2.77. The Bertz CT molecular complexity index is 273. The summed E-state index contributed by atoms with van der Waals surface area (Å²) in [5, 5.41) is 12.6. The molecular weight excluding hydrogens is 166 g/mol. The fourth-order valence-electron chi connectivity index (χ4n) is 0.959. The number of hydrogen-bond donors (Lipinski definition) is 1. The van der Waals surface area contributed by atoms with Crippen molar-refractivity contribution in [1.29, 1.82) is 5.26 Å². The zero-order chi connectivity index (χ0) is 8.48. The highest BCUT2D eigenvalue weighted by molar-refractivity contribution is 7.89. The molecule has 0 aliphatic carbocycles. The Morgan fingerprint density at radius 2 is 2.18 bits per heavy atom. The molecule has 0 spiro atoms. The van der Waals surface area contributed by atoms with Gasteiger partial charge in [-0.05, 0) is 0 Å². The van der Waals surface area contributed by atoms with Gasteiger partial charge in [0.15, 0.2) is 0 Å². The van der Waals surface area contributed by atoms with E-state index in [4.69, 9.17) is 10.4 Å². The van der Waals surface area contributed by atoms with Crippen molar-refractivity contribution in [3.8, 4) is 6.07 Å². The topological polar surface area (TPSA) is 87.2 Å². The Morgan fingerprint density at radius 3 is 2.55 bits per heavy atom. The normalized spacial score (nSPS) is 20.7. The number of hydrogen-bond acceptors (Lipinski definition) is 4. The molecule has 0 atom stereocenters. The van der Waals surface area contributed by atoms with Crippen molar-refractivity contribution < 1.29 is 8.42 Å². The van der Waals surface area contributed by atoms with E-state index in [1.54, 1.807) is 4.90 Å². The van der Waals surface area contributed by atoms with Crippen molar-refractivity contribution in [2.24, 2.45) is 5.14 Å². The van der Waals surface area contributed by atoms with Gasteiger partial charge in [0.05, 0.1) is 12.6 Å². The average Bonchev–Trinajstić information content (AvgIpc) is 1.74. The molecule has 1 heterocycles. The first-order valence-electron chi connectivity index (χ1n) is 3.15. The van der Waals surface area contributed by atoms with E-state index in [1.165, 1.54) is 0 Å². The van der Waals surface area contributed by atoms with Gasteiger partial charge in [0.25, 0.3) is 0 Å². The molecule has 6 heteroatoms. The van der Waals surface area contributed by atoms with Crippen molar-refractivity contribution >= 4 is 10.0 Å². The molecule has 1 fully saturated rings. The quantitative estimate of drug-likeness (QED) is 0.516. The molecule has 0 unspecified atom stereocenters. The summed E-state index contributed by atoms with van der Waals surface area (Å²) in [6.07, 6.45) is 0. The minimum absolute atomic E-state index is 0.284. The van der Waals surface area contributed by atoms with E-state index in [-0.39, 0.29) is 6.54 Å². The van der Waals surface area contributed by atoms with Crippen LogP contribution in [0.2, 0.25) is 0 Å². The van der Waals surface area contributed by atoms with Crippen molar-refractivity contribution in [3.63, 3.8) is 0 Å². The van der Waals surface area contributed by atoms with Gasteiger partial charge in [-0.1, -0.05) is 0 Å². The van der Waals surface area contributed by atoms with Crippen LogP contribution in [-0.2, 0) is 10.0 Å². The SMILES string of the molecule is N#CCN1CC(S(N)(=O)=O)C1. The predicted molar refractivity (Wildman–Crippen MR) is 38.9 cm³/mol. The fourth-order valence-corrected chi connectivity index (χ4v) is 1.80. The summed E-state index contributed by atoms with van der Waals surface area (Å²) in [5.41, 5.74) is 0. The lowest BCUT2D eigenvalue weighted by molar-refractivity contribution is 0.209. The first-order valence-corrected chi connectivity index (χ1v) is 4.76. The molecule has 1 rings (SSSR count). The molecule has 0 amide bonds. The third-order valence-corrected chi connectivity index (χ3v) is 2.91. The molecule has 1 saturated heterocycles. The molecule has 62 valence electrons. The summed E-state index contributed by atoms with van der Waals surface area (Å²) in [7, 11) is -3.37. The summed E-state index contributed by atoms with van der Waals surface area (Å²) in [5.74, 6) is 0. The van der Waals surface area contributed by atoms with E-state index >= 15 is 0 Å². The summed E-state index contributed by atoms with van der Waals surface area (Å²) in [4.78, 5) is 1.73. The Hall–Kier alpha value is -0.640. The Balaban J connectivity index is 2.37. The van der Waals surface area contributed by atoms with Crippen molar-refractivity contribution in [3.05, 3.63) is 0 Å². The van der Waals surface area contributed by atoms with Crippen LogP contribution < -0.4 is 5.14 Å². The number of rotatable bonds is 2. The van der Waals surface area contributed by atoms with Gasteiger partial charge in [0.1, 0.15) is 5.25 Å². The second-order valence-electron chi connectivity index (χ2n) is 2.56. The molecule has 5 nitrogen and oxygen atoms in total. The van der Waals surface area contributed by atoms with Gasteiger partial charge in [0, 0.05) is 13.1 Å². The number of primary sulfonamides is 1. The van der Waals surface area contributed by atoms with Crippen LogP contribution in [0.4, 0.5) is 0 Å². The minimum Gasteiger partial charge on any atom is -0.288 e. The van der Waals surface area contributed by atoms with Crippen LogP contribution in [0.25, 0.3) is 0 Å². The molecule has 0 bridgehead atoms. The Kier molecular flexibility index (Phi) is 2.13. The van der Waals surface area contributed by atoms with E-state index in [9.17, 15) is 8.42 Å². The molecule has 2 N–H and O–H groups in total. The van der Waals surface area contributed by atoms with Crippen molar-refractivity contribution in [1.82, 2.24) is 4.90 Å². The third-order valence-electron chi connectivity index (χ3n) is 1.68. The molecule has 0 aromatic heterocycles. The molecule has 0 aromatic carbocycles. The van der Waals surface area contributed by atoms with E-state index in [0.29, 0.717) is 13.1 Å². The molecule has 1 aliphatic heterocycles. The van der Waals surface area contributed by atoms with Crippen LogP contribution in [0.3, 0.4) is 0 Å². The van der Waals surface area contributed by atoms with Crippen molar-refractivity contribution in [2.75, 3.05) is 19.6 Å². The lowest BCUT2D eigenvalue weighted by Crippen LogP contribution is -2.56. The molecule has 0 radical (unpaired) electrons. The van der Waals surface area contributed by atoms with Gasteiger partial charge in [0.2, 0.25) is 10.0 Å². The standard InChI is InChI=1S/C5H9N3O2S/c6-1-2-8-3-5(4-8)11(7,9)10/h5H,2-4H2,(H2,7,9,10). The second-order valence-corrected chi connectivity index (χ2v) is 4.41. The smallest absolute Gasteiger partial charge is 0.214 e. The molecule has 1 aliphatic rings. The zero-order valence-electron chi connectivity index (χ0n) is 5.90. The lowest BCUT2D eigenvalue weighted by Gasteiger charge is -2.35. The average molecular weight is 175 g/mol. The van der Waals surface area contributed by atoms with E-state index in [0.717, 1.165) is 0 Å². The summed E-state index contributed by atoms with van der Waals surface area (Å²) < 4.78 is 21.3. The number of nitrogens with two attached hydrogens (primary N) is 1. The summed E-state index contributed by atoms with van der Waals surface area (Å²) >= 11 is 0. The van der Waals surface area contributed by atoms with Gasteiger partial charge in [-0.25, -0.2) is 13.6 Å². The highest BCUT2D eigenvalue weighted by Crippen LogP contribution is 2.12. The third kappa shape index (κ3) is 1.89. The molecular formula is C5H9N3O2S. The van der Waals surface area contributed by atoms with Gasteiger partial charge in [-0.15, -0.1) is 0 Å². The summed E-state index contributed by atoms with van der Waals surface area (Å²) in [6, 6.07) is 1.93. The van der Waals surface area contributed by atoms with E-state index in [2.05, 4.69) is 0 Å². The van der Waals surface area contributed by atoms with E-state index in [1.807, 2.05) is 6.07 Å². The fraction of sp³-hybridized carbons (Fsp3) is 0.800. The zero-order valence-corrected chi connectivity index (χ0v) is 6.71. The van der Waals surface area contributed by atoms with Crippen LogP contribution in [-0.4, -0.2) is 38.2 Å². The number of nitriles is 1. The Morgan fingerprint density at radius 1 is 1.64 bits per heavy atom. The van der Waals surface area contributed by atoms with Crippen LogP contribution >= 0.6 is 0 Å². The van der Waals surface area contributed by atoms with Gasteiger partial charge < -0.3 is 0 Å². The highest BCUT2D eigenvalue weighted by Gasteiger charge is 2.34. The number of nitrogens with zero attached hydrogens (tertiary/aromatic N) is 2. The molecule has 0 aromatic rings. The molecule has 11 heavy (non-hydrogen) atoms. The van der Waals surface area contributed by atoms with Crippen LogP contribution in [0.5, 0.6) is 0 Å².